The topological polar surface area (TPSA) is 139 Å². The second-order valence-corrected chi connectivity index (χ2v) is 4.00. The second kappa shape index (κ2) is 6.41. The third-order valence-electron chi connectivity index (χ3n) is 2.63. The number of para-hydroxylation sites is 1. The summed E-state index contributed by atoms with van der Waals surface area (Å²) in [6.07, 6.45) is 0. The summed E-state index contributed by atoms with van der Waals surface area (Å²) in [6, 6.07) is 4.52. The van der Waals surface area contributed by atoms with Gasteiger partial charge in [0.2, 0.25) is 0 Å². The molecule has 0 aliphatic carbocycles. The third-order valence-corrected chi connectivity index (χ3v) is 2.63. The van der Waals surface area contributed by atoms with E-state index in [1.807, 2.05) is 6.92 Å². The van der Waals surface area contributed by atoms with Crippen LogP contribution in [-0.4, -0.2) is 38.0 Å². The molecule has 1 aromatic heterocycles. The van der Waals surface area contributed by atoms with Gasteiger partial charge in [-0.15, -0.1) is 10.2 Å². The molecule has 0 saturated heterocycles. The molecule has 0 bridgehead atoms. The van der Waals surface area contributed by atoms with Gasteiger partial charge >= 0.3 is 5.69 Å². The van der Waals surface area contributed by atoms with Gasteiger partial charge in [0.05, 0.1) is 11.5 Å². The average Bonchev–Trinajstić information content (AvgIpc) is 2.98. The van der Waals surface area contributed by atoms with Crippen LogP contribution in [0.1, 0.15) is 23.1 Å². The van der Waals surface area contributed by atoms with Crippen LogP contribution < -0.4 is 10.6 Å². The van der Waals surface area contributed by atoms with E-state index in [2.05, 4.69) is 31.3 Å². The lowest BCUT2D eigenvalue weighted by molar-refractivity contribution is -0.384. The van der Waals surface area contributed by atoms with Gasteiger partial charge in [-0.1, -0.05) is 11.3 Å². The highest BCUT2D eigenvalue weighted by atomic mass is 16.6. The number of nitrogens with zero attached hydrogens (tertiary/aromatic N) is 4. The zero-order valence-electron chi connectivity index (χ0n) is 11.2. The first-order valence-corrected chi connectivity index (χ1v) is 6.15. The summed E-state index contributed by atoms with van der Waals surface area (Å²) < 4.78 is 0. The molecule has 3 N–H and O–H groups in total. The van der Waals surface area contributed by atoms with E-state index < -0.39 is 10.8 Å². The minimum atomic E-state index is -0.582. The maximum atomic E-state index is 12.1. The number of nitro groups is 1. The molecule has 110 valence electrons. The Labute approximate surface area is 119 Å². The first-order chi connectivity index (χ1) is 10.1. The number of carbonyl (C=O) groups excluding carboxylic acids is 1. The maximum Gasteiger partial charge on any atom is 0.305 e. The summed E-state index contributed by atoms with van der Waals surface area (Å²) >= 11 is 0. The number of carbonyl (C=O) groups is 1. The van der Waals surface area contributed by atoms with Crippen LogP contribution in [0.3, 0.4) is 0 Å². The zero-order valence-corrected chi connectivity index (χ0v) is 11.2. The molecule has 0 atom stereocenters. The summed E-state index contributed by atoms with van der Waals surface area (Å²) in [5.74, 6) is -0.292. The van der Waals surface area contributed by atoms with Gasteiger partial charge in [-0.25, -0.2) is 0 Å². The predicted octanol–water partition coefficient (Wildman–Crippen LogP) is 0.470. The molecule has 10 heteroatoms. The number of H-pyrrole nitrogens is 1. The van der Waals surface area contributed by atoms with Crippen molar-refractivity contribution in [1.82, 2.24) is 25.9 Å². The molecule has 2 aromatic rings. The Balaban J connectivity index is 2.23. The molecular formula is C11H13N7O3. The molecule has 0 fully saturated rings. The van der Waals surface area contributed by atoms with Crippen molar-refractivity contribution in [3.63, 3.8) is 0 Å². The molecule has 0 unspecified atom stereocenters. The summed E-state index contributed by atoms with van der Waals surface area (Å²) in [5.41, 5.74) is 0.0154. The van der Waals surface area contributed by atoms with Crippen LogP contribution >= 0.6 is 0 Å². The first kappa shape index (κ1) is 14.4. The SMILES string of the molecule is CCNc1cccc(C(=O)NCc2nn[nH]n2)c1[N+](=O)[O-]. The lowest BCUT2D eigenvalue weighted by Gasteiger charge is -2.08. The molecule has 1 aromatic carbocycles. The molecule has 1 amide bonds. The Bertz CT molecular complexity index is 641. The van der Waals surface area contributed by atoms with Gasteiger partial charge in [0, 0.05) is 6.54 Å². The minimum absolute atomic E-state index is 0.0257. The number of nitro benzene ring substituents is 1. The third kappa shape index (κ3) is 3.29. The highest BCUT2D eigenvalue weighted by molar-refractivity contribution is 6.00. The number of tetrazole rings is 1. The molecule has 0 radical (unpaired) electrons. The Morgan fingerprint density at radius 1 is 1.48 bits per heavy atom. The average molecular weight is 291 g/mol. The number of benzene rings is 1. The van der Waals surface area contributed by atoms with Gasteiger partial charge in [0.1, 0.15) is 11.3 Å². The summed E-state index contributed by atoms with van der Waals surface area (Å²) in [5, 5.41) is 29.5. The van der Waals surface area contributed by atoms with Crippen LogP contribution in [0, 0.1) is 10.1 Å². The van der Waals surface area contributed by atoms with Crippen molar-refractivity contribution in [2.24, 2.45) is 0 Å². The van der Waals surface area contributed by atoms with Gasteiger partial charge in [-0.2, -0.15) is 5.21 Å². The second-order valence-electron chi connectivity index (χ2n) is 4.00. The highest BCUT2D eigenvalue weighted by Crippen LogP contribution is 2.28. The van der Waals surface area contributed by atoms with Crippen molar-refractivity contribution >= 4 is 17.3 Å². The molecular weight excluding hydrogens is 278 g/mol. The Hall–Kier alpha value is -3.04. The molecule has 1 heterocycles. The van der Waals surface area contributed by atoms with E-state index in [1.165, 1.54) is 6.07 Å². The van der Waals surface area contributed by atoms with E-state index in [4.69, 9.17) is 0 Å². The Morgan fingerprint density at radius 2 is 2.29 bits per heavy atom. The van der Waals surface area contributed by atoms with Crippen molar-refractivity contribution in [1.29, 1.82) is 0 Å². The number of amides is 1. The number of nitrogens with one attached hydrogen (secondary N) is 3. The van der Waals surface area contributed by atoms with Crippen molar-refractivity contribution in [2.45, 2.75) is 13.5 Å². The molecule has 10 nitrogen and oxygen atoms in total. The zero-order chi connectivity index (χ0) is 15.2. The van der Waals surface area contributed by atoms with Gasteiger partial charge < -0.3 is 10.6 Å². The number of hydrogen-bond acceptors (Lipinski definition) is 7. The van der Waals surface area contributed by atoms with Crippen LogP contribution in [0.2, 0.25) is 0 Å². The van der Waals surface area contributed by atoms with Crippen LogP contribution in [-0.2, 0) is 6.54 Å². The van der Waals surface area contributed by atoms with E-state index in [0.29, 0.717) is 12.2 Å². The Morgan fingerprint density at radius 3 is 2.90 bits per heavy atom. The predicted molar refractivity (Wildman–Crippen MR) is 72.6 cm³/mol. The molecule has 2 rings (SSSR count). The van der Waals surface area contributed by atoms with Crippen molar-refractivity contribution in [2.75, 3.05) is 11.9 Å². The molecule has 21 heavy (non-hydrogen) atoms. The monoisotopic (exact) mass is 291 g/mol. The number of anilines is 1. The lowest BCUT2D eigenvalue weighted by Crippen LogP contribution is -2.24. The van der Waals surface area contributed by atoms with Crippen LogP contribution in [0.4, 0.5) is 11.4 Å². The smallest absolute Gasteiger partial charge is 0.305 e. The molecule has 0 aliphatic heterocycles. The fraction of sp³-hybridized carbons (Fsp3) is 0.273. The first-order valence-electron chi connectivity index (χ1n) is 6.15. The summed E-state index contributed by atoms with van der Waals surface area (Å²) in [4.78, 5) is 22.7. The number of hydrogen-bond donors (Lipinski definition) is 3. The van der Waals surface area contributed by atoms with Gasteiger partial charge in [-0.3, -0.25) is 14.9 Å². The van der Waals surface area contributed by atoms with Gasteiger partial charge in [0.25, 0.3) is 5.91 Å². The van der Waals surface area contributed by atoms with Gasteiger partial charge in [-0.05, 0) is 19.1 Å². The summed E-state index contributed by atoms with van der Waals surface area (Å²) in [7, 11) is 0. The quantitative estimate of drug-likeness (QED) is 0.519. The van der Waals surface area contributed by atoms with E-state index in [9.17, 15) is 14.9 Å². The normalized spacial score (nSPS) is 10.1. The van der Waals surface area contributed by atoms with Crippen LogP contribution in [0.15, 0.2) is 18.2 Å². The van der Waals surface area contributed by atoms with Gasteiger partial charge in [0.15, 0.2) is 5.82 Å². The molecule has 0 spiro atoms. The lowest BCUT2D eigenvalue weighted by atomic mass is 10.1. The van der Waals surface area contributed by atoms with E-state index in [-0.39, 0.29) is 23.6 Å². The number of aromatic nitrogens is 4. The largest absolute Gasteiger partial charge is 0.380 e. The van der Waals surface area contributed by atoms with E-state index in [1.54, 1.807) is 12.1 Å². The van der Waals surface area contributed by atoms with E-state index >= 15 is 0 Å². The van der Waals surface area contributed by atoms with Crippen molar-refractivity contribution < 1.29 is 9.72 Å². The molecule has 0 aliphatic rings. The summed E-state index contributed by atoms with van der Waals surface area (Å²) in [6.45, 7) is 2.35. The minimum Gasteiger partial charge on any atom is -0.380 e. The highest BCUT2D eigenvalue weighted by Gasteiger charge is 2.24. The standard InChI is InChI=1S/C11H13N7O3/c1-2-12-8-5-3-4-7(10(8)18(20)21)11(19)13-6-9-14-16-17-15-9/h3-5,12H,2,6H2,1H3,(H,13,19)(H,14,15,16,17). The van der Waals surface area contributed by atoms with Crippen LogP contribution in [0.5, 0.6) is 0 Å². The van der Waals surface area contributed by atoms with Crippen LogP contribution in [0.25, 0.3) is 0 Å². The van der Waals surface area contributed by atoms with Crippen molar-refractivity contribution in [3.05, 3.63) is 39.7 Å². The van der Waals surface area contributed by atoms with E-state index in [0.717, 1.165) is 0 Å². The molecule has 0 saturated carbocycles. The maximum absolute atomic E-state index is 12.1. The number of rotatable bonds is 6. The van der Waals surface area contributed by atoms with Crippen molar-refractivity contribution in [3.8, 4) is 0 Å². The number of aromatic amines is 1. The fourth-order valence-electron chi connectivity index (χ4n) is 1.77. The Kier molecular flexibility index (Phi) is 4.39. The fourth-order valence-corrected chi connectivity index (χ4v) is 1.77.